The van der Waals surface area contributed by atoms with E-state index in [0.29, 0.717) is 0 Å². The third-order valence-corrected chi connectivity index (χ3v) is 24.4. The van der Waals surface area contributed by atoms with Crippen molar-refractivity contribution in [2.24, 2.45) is 0 Å². The van der Waals surface area contributed by atoms with Crippen LogP contribution in [0.2, 0.25) is 0 Å². The van der Waals surface area contributed by atoms with E-state index in [1.807, 2.05) is 34.9 Å². The molecule has 0 N–H and O–H groups in total. The van der Waals surface area contributed by atoms with Crippen LogP contribution in [0.5, 0.6) is 0 Å². The van der Waals surface area contributed by atoms with Gasteiger partial charge in [0.15, 0.2) is 0 Å². The fourth-order valence-electron chi connectivity index (χ4n) is 11.2. The molecule has 0 saturated heterocycles. The summed E-state index contributed by atoms with van der Waals surface area (Å²) in [6.07, 6.45) is 47.6. The SMILES string of the molecule is C.C1CCC([PH+](C2CCCCC2)C2CCCCC2)CC1.C1CCC([PH+](C2CCCCC2)C2CCCCC2)CC1.[Cl][Ru]([Cl])=[CH]c1ccccc1. The Morgan fingerprint density at radius 3 is 0.816 bits per heavy atom. The van der Waals surface area contributed by atoms with E-state index in [4.69, 9.17) is 19.4 Å². The molecule has 0 radical (unpaired) electrons. The van der Waals surface area contributed by atoms with E-state index >= 15 is 0 Å². The van der Waals surface area contributed by atoms with E-state index in [9.17, 15) is 0 Å². The van der Waals surface area contributed by atoms with Crippen molar-refractivity contribution in [3.8, 4) is 0 Å². The van der Waals surface area contributed by atoms with Gasteiger partial charge in [0.05, 0.1) is 34.0 Å². The van der Waals surface area contributed by atoms with Crippen LogP contribution < -0.4 is 0 Å². The Kier molecular flexibility index (Phi) is 22.1. The van der Waals surface area contributed by atoms with Crippen LogP contribution in [0.1, 0.15) is 206 Å². The number of hydrogen-bond acceptors (Lipinski definition) is 0. The van der Waals surface area contributed by atoms with Gasteiger partial charge in [-0.2, -0.15) is 0 Å². The van der Waals surface area contributed by atoms with E-state index in [0.717, 1.165) is 5.56 Å². The van der Waals surface area contributed by atoms with Crippen LogP contribution in [-0.2, 0) is 13.5 Å². The van der Waals surface area contributed by atoms with Gasteiger partial charge < -0.3 is 0 Å². The molecule has 0 bridgehead atoms. The average Bonchev–Trinajstić information content (AvgIpc) is 3.15. The molecule has 6 aliphatic rings. The number of hydrogen-bond donors (Lipinski definition) is 0. The summed E-state index contributed by atoms with van der Waals surface area (Å²) in [5.74, 6) is 0. The summed E-state index contributed by atoms with van der Waals surface area (Å²) in [6.45, 7) is 0. The Morgan fingerprint density at radius 2 is 0.612 bits per heavy atom. The molecule has 0 amide bonds. The quantitative estimate of drug-likeness (QED) is 0.190. The molecule has 284 valence electrons. The van der Waals surface area contributed by atoms with Crippen LogP contribution in [-0.4, -0.2) is 38.6 Å². The topological polar surface area (TPSA) is 0 Å². The molecular weight excluding hydrogens is 762 g/mol. The summed E-state index contributed by atoms with van der Waals surface area (Å²) < 4.78 is 1.92. The zero-order valence-electron chi connectivity index (χ0n) is 30.8. The third-order valence-electron chi connectivity index (χ3n) is 13.5. The van der Waals surface area contributed by atoms with Gasteiger partial charge in [-0.15, -0.1) is 0 Å². The first-order valence-electron chi connectivity index (χ1n) is 21.3. The summed E-state index contributed by atoms with van der Waals surface area (Å²) >= 11 is -1.61. The Bertz CT molecular complexity index is 840. The van der Waals surface area contributed by atoms with Crippen LogP contribution in [0.4, 0.5) is 0 Å². The first-order chi connectivity index (χ1) is 23.7. The zero-order valence-corrected chi connectivity index (χ0v) is 36.0. The summed E-state index contributed by atoms with van der Waals surface area (Å²) in [7, 11) is 11.2. The van der Waals surface area contributed by atoms with Crippen LogP contribution in [0, 0.1) is 0 Å². The summed E-state index contributed by atoms with van der Waals surface area (Å²) in [4.78, 5) is 0. The van der Waals surface area contributed by atoms with Crippen LogP contribution in [0.25, 0.3) is 0 Å². The van der Waals surface area contributed by atoms with Gasteiger partial charge in [0.25, 0.3) is 0 Å². The van der Waals surface area contributed by atoms with Gasteiger partial charge in [0, 0.05) is 15.8 Å². The second-order valence-electron chi connectivity index (χ2n) is 16.7. The zero-order chi connectivity index (χ0) is 33.2. The summed E-state index contributed by atoms with van der Waals surface area (Å²) in [5, 5.41) is 0. The van der Waals surface area contributed by atoms with E-state index in [2.05, 4.69) is 0 Å². The van der Waals surface area contributed by atoms with Crippen molar-refractivity contribution in [1.29, 1.82) is 0 Å². The second-order valence-corrected chi connectivity index (χ2v) is 29.4. The molecule has 6 aliphatic carbocycles. The molecule has 0 nitrogen and oxygen atoms in total. The van der Waals surface area contributed by atoms with Crippen molar-refractivity contribution in [2.75, 3.05) is 0 Å². The Labute approximate surface area is 321 Å². The molecule has 6 fully saturated rings. The van der Waals surface area contributed by atoms with Crippen molar-refractivity contribution in [2.45, 2.75) is 234 Å². The molecule has 49 heavy (non-hydrogen) atoms. The molecule has 5 heteroatoms. The van der Waals surface area contributed by atoms with E-state index in [1.165, 1.54) is 34.0 Å². The normalized spacial score (nSPS) is 24.6. The fraction of sp³-hybridized carbons (Fsp3) is 0.841. The predicted molar refractivity (Wildman–Crippen MR) is 228 cm³/mol. The molecule has 1 aromatic rings. The minimum atomic E-state index is -1.61. The molecule has 0 atom stereocenters. The van der Waals surface area contributed by atoms with Gasteiger partial charge >= 0.3 is 73.4 Å². The maximum atomic E-state index is 5.67. The van der Waals surface area contributed by atoms with E-state index < -0.39 is 13.5 Å². The standard InChI is InChI=1S/2C18H33P.C7H6.CH4.2ClH.Ru/c2*1-4-10-16(11-5-1)19(17-12-6-2-7-13-17)18-14-8-3-9-15-18;1-7-5-3-2-4-6-7;;;;/h2*16-18H,1-15H2;1-6H;1H4;2*1H;/q;;;;;;+2. The van der Waals surface area contributed by atoms with E-state index in [1.54, 1.807) is 193 Å². The fourth-order valence-corrected chi connectivity index (χ4v) is 23.5. The van der Waals surface area contributed by atoms with Gasteiger partial charge in [-0.1, -0.05) is 46.0 Å². The van der Waals surface area contributed by atoms with Crippen molar-refractivity contribution < 1.29 is 13.5 Å². The van der Waals surface area contributed by atoms with Gasteiger partial charge in [-0.05, 0) is 154 Å². The van der Waals surface area contributed by atoms with Crippen molar-refractivity contribution in [1.82, 2.24) is 0 Å². The molecule has 0 spiro atoms. The van der Waals surface area contributed by atoms with Gasteiger partial charge in [-0.3, -0.25) is 0 Å². The predicted octanol–water partition coefficient (Wildman–Crippen LogP) is 15.8. The Morgan fingerprint density at radius 1 is 0.388 bits per heavy atom. The minimum absolute atomic E-state index is 0. The van der Waals surface area contributed by atoms with Crippen LogP contribution in [0.3, 0.4) is 0 Å². The second kappa shape index (κ2) is 25.3. The summed E-state index contributed by atoms with van der Waals surface area (Å²) in [6, 6.07) is 9.89. The molecule has 0 aliphatic heterocycles. The van der Waals surface area contributed by atoms with Crippen molar-refractivity contribution >= 4 is 39.8 Å². The van der Waals surface area contributed by atoms with Crippen molar-refractivity contribution in [3.05, 3.63) is 35.9 Å². The van der Waals surface area contributed by atoms with Crippen molar-refractivity contribution in [3.63, 3.8) is 0 Å². The molecule has 1 aromatic carbocycles. The molecule has 0 aromatic heterocycles. The summed E-state index contributed by atoms with van der Waals surface area (Å²) in [5.41, 5.74) is 8.48. The third kappa shape index (κ3) is 15.1. The number of rotatable bonds is 7. The van der Waals surface area contributed by atoms with Gasteiger partial charge in [0.2, 0.25) is 0 Å². The van der Waals surface area contributed by atoms with Crippen LogP contribution in [0.15, 0.2) is 30.3 Å². The molecule has 6 saturated carbocycles. The maximum absolute atomic E-state index is 5.67. The number of benzene rings is 1. The first-order valence-corrected chi connectivity index (χ1v) is 30.2. The first kappa shape index (κ1) is 42.9. The molecule has 0 heterocycles. The molecule has 7 rings (SSSR count). The monoisotopic (exact) mass is 840 g/mol. The van der Waals surface area contributed by atoms with Crippen LogP contribution >= 0.6 is 35.2 Å². The number of halogens is 2. The van der Waals surface area contributed by atoms with Gasteiger partial charge in [0.1, 0.15) is 0 Å². The van der Waals surface area contributed by atoms with Gasteiger partial charge in [-0.25, -0.2) is 0 Å². The van der Waals surface area contributed by atoms with E-state index in [-0.39, 0.29) is 23.3 Å². The molecule has 0 unspecified atom stereocenters. The Balaban J connectivity index is 0.000000172. The molecular formula is C44H78Cl2P2Ru+2. The Hall–Kier alpha value is 1.15. The average molecular weight is 841 g/mol.